The first kappa shape index (κ1) is 33.5. The molecule has 3 heterocycles. The summed E-state index contributed by atoms with van der Waals surface area (Å²) in [6.45, 7) is 18.5. The second kappa shape index (κ2) is 13.1. The van der Waals surface area contributed by atoms with Crippen LogP contribution in [0.1, 0.15) is 95.8 Å². The van der Waals surface area contributed by atoms with Gasteiger partial charge in [-0.2, -0.15) is 0 Å². The molecule has 0 radical (unpaired) electrons. The standard InChI is InChI=1S/C38H48FN3O4/c1-24(2)30-23-42-25(3)31(34(36(43)44)46-37(4,5)6)33(41-20-18-38(7,8)19-21-41)32(35(42)40-30)27-11-15-29(16-12-27)45-22-17-26-9-13-28(39)14-10-26/h9-16,23-24,34H,17-22H2,1-8H3,(H,43,44)/t34-/m0/s1. The van der Waals surface area contributed by atoms with Crippen LogP contribution in [0.25, 0.3) is 16.8 Å². The van der Waals surface area contributed by atoms with Gasteiger partial charge < -0.3 is 23.9 Å². The molecule has 1 atom stereocenters. The number of benzene rings is 2. The van der Waals surface area contributed by atoms with Gasteiger partial charge in [-0.3, -0.25) is 0 Å². The highest BCUT2D eigenvalue weighted by molar-refractivity contribution is 5.94. The minimum atomic E-state index is -1.17. The van der Waals surface area contributed by atoms with Crippen LogP contribution in [-0.2, 0) is 16.0 Å². The number of nitrogens with zero attached hydrogens (tertiary/aromatic N) is 3. The second-order valence-corrected chi connectivity index (χ2v) is 14.6. The lowest BCUT2D eigenvalue weighted by molar-refractivity contribution is -0.160. The van der Waals surface area contributed by atoms with E-state index in [4.69, 9.17) is 14.5 Å². The number of imidazole rings is 1. The number of aromatic nitrogens is 2. The number of piperidine rings is 1. The van der Waals surface area contributed by atoms with Crippen molar-refractivity contribution >= 4 is 17.3 Å². The largest absolute Gasteiger partial charge is 0.493 e. The van der Waals surface area contributed by atoms with E-state index in [0.29, 0.717) is 18.6 Å². The average Bonchev–Trinajstić information content (AvgIpc) is 3.44. The lowest BCUT2D eigenvalue weighted by Crippen LogP contribution is -2.39. The third-order valence-electron chi connectivity index (χ3n) is 8.89. The topological polar surface area (TPSA) is 76.3 Å². The van der Waals surface area contributed by atoms with Gasteiger partial charge in [0.05, 0.1) is 23.6 Å². The van der Waals surface area contributed by atoms with Gasteiger partial charge >= 0.3 is 5.97 Å². The molecular weight excluding hydrogens is 581 g/mol. The number of anilines is 1. The minimum Gasteiger partial charge on any atom is -0.493 e. The molecule has 7 nitrogen and oxygen atoms in total. The van der Waals surface area contributed by atoms with E-state index >= 15 is 0 Å². The number of aliphatic carboxylic acids is 1. The molecule has 0 saturated carbocycles. The molecule has 0 bridgehead atoms. The molecule has 1 aliphatic rings. The average molecular weight is 630 g/mol. The van der Waals surface area contributed by atoms with Crippen LogP contribution in [0.15, 0.2) is 54.7 Å². The van der Waals surface area contributed by atoms with E-state index in [9.17, 15) is 14.3 Å². The maximum atomic E-state index is 13.3. The molecule has 1 aliphatic heterocycles. The Bertz CT molecular complexity index is 1670. The fourth-order valence-electron chi connectivity index (χ4n) is 6.14. The zero-order chi connectivity index (χ0) is 33.4. The van der Waals surface area contributed by atoms with Crippen LogP contribution in [0.2, 0.25) is 0 Å². The molecule has 246 valence electrons. The molecule has 2 aromatic heterocycles. The summed E-state index contributed by atoms with van der Waals surface area (Å²) in [7, 11) is 0. The Kier molecular flexibility index (Phi) is 9.50. The number of aryl methyl sites for hydroxylation is 1. The molecule has 8 heteroatoms. The normalized spacial score (nSPS) is 15.8. The number of carbonyl (C=O) groups is 1. The highest BCUT2D eigenvalue weighted by Crippen LogP contribution is 2.46. The summed E-state index contributed by atoms with van der Waals surface area (Å²) < 4.78 is 27.8. The molecule has 1 N–H and O–H groups in total. The molecule has 5 rings (SSSR count). The quantitative estimate of drug-likeness (QED) is 0.189. The van der Waals surface area contributed by atoms with E-state index in [1.165, 1.54) is 12.1 Å². The maximum Gasteiger partial charge on any atom is 0.337 e. The van der Waals surface area contributed by atoms with Gasteiger partial charge in [-0.25, -0.2) is 14.2 Å². The van der Waals surface area contributed by atoms with Crippen LogP contribution >= 0.6 is 0 Å². The SMILES string of the molecule is Cc1c([C@H](OC(C)(C)C)C(=O)O)c(N2CCC(C)(C)CC2)c(-c2ccc(OCCc3ccc(F)cc3)cc2)c2nc(C(C)C)cn12. The van der Waals surface area contributed by atoms with Crippen molar-refractivity contribution in [2.75, 3.05) is 24.6 Å². The molecule has 1 fully saturated rings. The van der Waals surface area contributed by atoms with Gasteiger partial charge in [0.1, 0.15) is 17.2 Å². The smallest absolute Gasteiger partial charge is 0.337 e. The summed E-state index contributed by atoms with van der Waals surface area (Å²) in [5.41, 5.74) is 6.45. The molecule has 0 aliphatic carbocycles. The minimum absolute atomic E-state index is 0.188. The van der Waals surface area contributed by atoms with Gasteiger partial charge in [-0.1, -0.05) is 52.0 Å². The molecule has 46 heavy (non-hydrogen) atoms. The predicted molar refractivity (Wildman–Crippen MR) is 181 cm³/mol. The number of ether oxygens (including phenoxy) is 2. The van der Waals surface area contributed by atoms with Crippen molar-refractivity contribution in [1.29, 1.82) is 0 Å². The summed E-state index contributed by atoms with van der Waals surface area (Å²) in [6.07, 6.45) is 3.50. The van der Waals surface area contributed by atoms with Gasteiger partial charge in [-0.05, 0) is 87.3 Å². The monoisotopic (exact) mass is 629 g/mol. The first-order chi connectivity index (χ1) is 21.6. The molecular formula is C38H48FN3O4. The zero-order valence-corrected chi connectivity index (χ0v) is 28.5. The van der Waals surface area contributed by atoms with Crippen molar-refractivity contribution in [1.82, 2.24) is 9.38 Å². The van der Waals surface area contributed by atoms with Crippen molar-refractivity contribution in [3.63, 3.8) is 0 Å². The highest BCUT2D eigenvalue weighted by Gasteiger charge is 2.37. The van der Waals surface area contributed by atoms with E-state index in [2.05, 4.69) is 32.6 Å². The first-order valence-electron chi connectivity index (χ1n) is 16.3. The molecule has 0 amide bonds. The van der Waals surface area contributed by atoms with Crippen molar-refractivity contribution in [3.8, 4) is 16.9 Å². The van der Waals surface area contributed by atoms with E-state index in [0.717, 1.165) is 71.1 Å². The number of halogens is 1. The van der Waals surface area contributed by atoms with E-state index in [1.54, 1.807) is 12.1 Å². The summed E-state index contributed by atoms with van der Waals surface area (Å²) >= 11 is 0. The Morgan fingerprint density at radius 3 is 2.24 bits per heavy atom. The first-order valence-corrected chi connectivity index (χ1v) is 16.3. The molecule has 0 spiro atoms. The Labute approximate surface area is 272 Å². The fraction of sp³-hybridized carbons (Fsp3) is 0.474. The van der Waals surface area contributed by atoms with Crippen LogP contribution in [0.4, 0.5) is 10.1 Å². The third kappa shape index (κ3) is 7.38. The van der Waals surface area contributed by atoms with Crippen LogP contribution in [0.5, 0.6) is 5.75 Å². The van der Waals surface area contributed by atoms with Crippen molar-refractivity contribution in [2.24, 2.45) is 5.41 Å². The molecule has 4 aromatic rings. The third-order valence-corrected chi connectivity index (χ3v) is 8.89. The Morgan fingerprint density at radius 1 is 1.04 bits per heavy atom. The second-order valence-electron chi connectivity index (χ2n) is 14.6. The Hall–Kier alpha value is -3.91. The summed E-state index contributed by atoms with van der Waals surface area (Å²) in [5, 5.41) is 10.7. The van der Waals surface area contributed by atoms with E-state index in [1.807, 2.05) is 62.6 Å². The number of hydrogen-bond acceptors (Lipinski definition) is 5. The summed E-state index contributed by atoms with van der Waals surface area (Å²) in [6, 6.07) is 14.4. The summed E-state index contributed by atoms with van der Waals surface area (Å²) in [5.74, 6) is -0.357. The Morgan fingerprint density at radius 2 is 1.67 bits per heavy atom. The predicted octanol–water partition coefficient (Wildman–Crippen LogP) is 8.76. The van der Waals surface area contributed by atoms with Gasteiger partial charge in [0.2, 0.25) is 0 Å². The van der Waals surface area contributed by atoms with Gasteiger partial charge in [0.15, 0.2) is 6.10 Å². The van der Waals surface area contributed by atoms with Crippen LogP contribution in [0.3, 0.4) is 0 Å². The highest BCUT2D eigenvalue weighted by atomic mass is 19.1. The number of carboxylic acids is 1. The number of pyridine rings is 1. The van der Waals surface area contributed by atoms with Crippen LogP contribution in [-0.4, -0.2) is 45.8 Å². The lowest BCUT2D eigenvalue weighted by atomic mass is 9.82. The van der Waals surface area contributed by atoms with Crippen molar-refractivity contribution < 1.29 is 23.8 Å². The number of hydrogen-bond donors (Lipinski definition) is 1. The van der Waals surface area contributed by atoms with Gasteiger partial charge in [-0.15, -0.1) is 0 Å². The van der Waals surface area contributed by atoms with E-state index < -0.39 is 17.7 Å². The number of carboxylic acid groups (broad SMARTS) is 1. The lowest BCUT2D eigenvalue weighted by Gasteiger charge is -2.41. The maximum absolute atomic E-state index is 13.3. The van der Waals surface area contributed by atoms with Crippen molar-refractivity contribution in [2.45, 2.75) is 92.3 Å². The van der Waals surface area contributed by atoms with Crippen LogP contribution in [0, 0.1) is 18.2 Å². The van der Waals surface area contributed by atoms with E-state index in [-0.39, 0.29) is 17.2 Å². The van der Waals surface area contributed by atoms with Gasteiger partial charge in [0.25, 0.3) is 0 Å². The van der Waals surface area contributed by atoms with Crippen molar-refractivity contribution in [3.05, 3.63) is 83.1 Å². The number of rotatable bonds is 10. The Balaban J connectivity index is 1.65. The fourth-order valence-corrected chi connectivity index (χ4v) is 6.14. The summed E-state index contributed by atoms with van der Waals surface area (Å²) in [4.78, 5) is 20.5. The zero-order valence-electron chi connectivity index (χ0n) is 28.5. The molecule has 2 aromatic carbocycles. The number of fused-ring (bicyclic) bond motifs is 1. The van der Waals surface area contributed by atoms with Crippen LogP contribution < -0.4 is 9.64 Å². The molecule has 0 unspecified atom stereocenters. The van der Waals surface area contributed by atoms with Gasteiger partial charge in [0, 0.05) is 42.5 Å². The molecule has 1 saturated heterocycles.